The first kappa shape index (κ1) is 19.5. The van der Waals surface area contributed by atoms with Gasteiger partial charge in [0.05, 0.1) is 0 Å². The Labute approximate surface area is 116 Å². The average Bonchev–Trinajstić information content (AvgIpc) is 2.15. The zero-order valence-electron chi connectivity index (χ0n) is 12.1. The van der Waals surface area contributed by atoms with Gasteiger partial charge in [-0.15, -0.1) is 12.4 Å². The van der Waals surface area contributed by atoms with Crippen molar-refractivity contribution in [2.24, 2.45) is 5.92 Å². The summed E-state index contributed by atoms with van der Waals surface area (Å²) in [7, 11) is 1.79. The third-order valence-electron chi connectivity index (χ3n) is 2.21. The summed E-state index contributed by atoms with van der Waals surface area (Å²) >= 11 is 0. The molecule has 0 spiro atoms. The van der Waals surface area contributed by atoms with Crippen LogP contribution in [0, 0.1) is 5.92 Å². The zero-order valence-corrected chi connectivity index (χ0v) is 12.9. The number of hydrogen-bond acceptors (Lipinski definition) is 3. The minimum Gasteiger partial charge on any atom is -0.350 e. The number of nitrogens with one attached hydrogen (secondary N) is 3. The number of rotatable bonds is 5. The van der Waals surface area contributed by atoms with E-state index in [1.807, 2.05) is 27.7 Å². The Hall–Kier alpha value is -0.810. The highest BCUT2D eigenvalue weighted by atomic mass is 35.5. The Morgan fingerprint density at radius 1 is 1.11 bits per heavy atom. The summed E-state index contributed by atoms with van der Waals surface area (Å²) in [4.78, 5) is 23.4. The van der Waals surface area contributed by atoms with Gasteiger partial charge in [0.2, 0.25) is 11.8 Å². The Balaban J connectivity index is 0. The van der Waals surface area contributed by atoms with Crippen molar-refractivity contribution in [2.45, 2.75) is 46.2 Å². The second-order valence-corrected chi connectivity index (χ2v) is 5.43. The van der Waals surface area contributed by atoms with Gasteiger partial charge in [0, 0.05) is 18.0 Å². The number of hydrogen-bond donors (Lipinski definition) is 3. The Kier molecular flexibility index (Phi) is 9.03. The van der Waals surface area contributed by atoms with Crippen LogP contribution in [0.2, 0.25) is 0 Å². The molecular formula is C12H26ClN3O2. The standard InChI is InChI=1S/C12H25N3O2.ClH/c1-8(7-13-6)10(16)14-9(2)11(17)15-12(3,4)5;/h8-9,13H,7H2,1-6H3,(H,14,16)(H,15,17);1H. The van der Waals surface area contributed by atoms with Crippen molar-refractivity contribution in [3.05, 3.63) is 0 Å². The van der Waals surface area contributed by atoms with Crippen molar-refractivity contribution >= 4 is 24.2 Å². The molecule has 3 N–H and O–H groups in total. The SMILES string of the molecule is CNCC(C)C(=O)NC(C)C(=O)NC(C)(C)C.Cl. The zero-order chi connectivity index (χ0) is 13.6. The predicted molar refractivity (Wildman–Crippen MR) is 75.8 cm³/mol. The van der Waals surface area contributed by atoms with Crippen LogP contribution < -0.4 is 16.0 Å². The van der Waals surface area contributed by atoms with Crippen molar-refractivity contribution < 1.29 is 9.59 Å². The molecule has 0 saturated carbocycles. The van der Waals surface area contributed by atoms with Gasteiger partial charge in [0.1, 0.15) is 6.04 Å². The smallest absolute Gasteiger partial charge is 0.242 e. The average molecular weight is 280 g/mol. The summed E-state index contributed by atoms with van der Waals surface area (Å²) < 4.78 is 0. The minimum atomic E-state index is -0.513. The molecule has 0 aromatic carbocycles. The highest BCUT2D eigenvalue weighted by molar-refractivity contribution is 5.88. The molecule has 2 amide bonds. The molecule has 0 aromatic heterocycles. The molecular weight excluding hydrogens is 254 g/mol. The van der Waals surface area contributed by atoms with E-state index in [0.29, 0.717) is 6.54 Å². The monoisotopic (exact) mass is 279 g/mol. The molecule has 18 heavy (non-hydrogen) atoms. The lowest BCUT2D eigenvalue weighted by molar-refractivity contribution is -0.131. The van der Waals surface area contributed by atoms with Gasteiger partial charge in [-0.3, -0.25) is 9.59 Å². The summed E-state index contributed by atoms with van der Waals surface area (Å²) in [5.41, 5.74) is -0.285. The molecule has 0 heterocycles. The van der Waals surface area contributed by atoms with Crippen LogP contribution in [-0.2, 0) is 9.59 Å². The van der Waals surface area contributed by atoms with Crippen molar-refractivity contribution in [2.75, 3.05) is 13.6 Å². The predicted octanol–water partition coefficient (Wildman–Crippen LogP) is 0.683. The van der Waals surface area contributed by atoms with Crippen molar-refractivity contribution in [3.63, 3.8) is 0 Å². The van der Waals surface area contributed by atoms with Gasteiger partial charge < -0.3 is 16.0 Å². The number of carbonyl (C=O) groups is 2. The van der Waals surface area contributed by atoms with E-state index in [4.69, 9.17) is 0 Å². The maximum atomic E-state index is 11.7. The molecule has 108 valence electrons. The van der Waals surface area contributed by atoms with Crippen LogP contribution in [0.25, 0.3) is 0 Å². The topological polar surface area (TPSA) is 70.2 Å². The van der Waals surface area contributed by atoms with E-state index in [1.165, 1.54) is 0 Å². The Bertz CT molecular complexity index is 277. The lowest BCUT2D eigenvalue weighted by Gasteiger charge is -2.24. The van der Waals surface area contributed by atoms with E-state index >= 15 is 0 Å². The number of amides is 2. The van der Waals surface area contributed by atoms with Crippen LogP contribution in [-0.4, -0.2) is 37.0 Å². The van der Waals surface area contributed by atoms with Crippen molar-refractivity contribution in [1.82, 2.24) is 16.0 Å². The summed E-state index contributed by atoms with van der Waals surface area (Å²) in [6.07, 6.45) is 0. The first-order chi connectivity index (χ1) is 7.67. The van der Waals surface area contributed by atoms with Gasteiger partial charge in [0.15, 0.2) is 0 Å². The van der Waals surface area contributed by atoms with Gasteiger partial charge in [-0.2, -0.15) is 0 Å². The van der Waals surface area contributed by atoms with Gasteiger partial charge in [0.25, 0.3) is 0 Å². The van der Waals surface area contributed by atoms with Crippen LogP contribution in [0.1, 0.15) is 34.6 Å². The van der Waals surface area contributed by atoms with Crippen LogP contribution in [0.4, 0.5) is 0 Å². The third kappa shape index (κ3) is 8.31. The normalized spacial score (nSPS) is 14.1. The fourth-order valence-electron chi connectivity index (χ4n) is 1.30. The molecule has 5 nitrogen and oxygen atoms in total. The highest BCUT2D eigenvalue weighted by Crippen LogP contribution is 2.00. The molecule has 0 aliphatic rings. The van der Waals surface area contributed by atoms with Gasteiger partial charge >= 0.3 is 0 Å². The van der Waals surface area contributed by atoms with Crippen molar-refractivity contribution in [3.8, 4) is 0 Å². The van der Waals surface area contributed by atoms with E-state index in [1.54, 1.807) is 14.0 Å². The van der Waals surface area contributed by atoms with Crippen LogP contribution in [0.3, 0.4) is 0 Å². The Morgan fingerprint density at radius 2 is 1.61 bits per heavy atom. The fraction of sp³-hybridized carbons (Fsp3) is 0.833. The summed E-state index contributed by atoms with van der Waals surface area (Å²) in [5.74, 6) is -0.427. The molecule has 0 fully saturated rings. The number of carbonyl (C=O) groups excluding carboxylic acids is 2. The highest BCUT2D eigenvalue weighted by Gasteiger charge is 2.22. The van der Waals surface area contributed by atoms with Gasteiger partial charge in [-0.25, -0.2) is 0 Å². The quantitative estimate of drug-likeness (QED) is 0.693. The molecule has 0 radical (unpaired) electrons. The number of halogens is 1. The van der Waals surface area contributed by atoms with E-state index in [0.717, 1.165) is 0 Å². The van der Waals surface area contributed by atoms with Crippen LogP contribution in [0.15, 0.2) is 0 Å². The second-order valence-electron chi connectivity index (χ2n) is 5.43. The van der Waals surface area contributed by atoms with E-state index in [-0.39, 0.29) is 35.7 Å². The van der Waals surface area contributed by atoms with E-state index in [9.17, 15) is 9.59 Å². The Morgan fingerprint density at radius 3 is 2.00 bits per heavy atom. The molecule has 6 heteroatoms. The molecule has 0 bridgehead atoms. The first-order valence-corrected chi connectivity index (χ1v) is 5.94. The fourth-order valence-corrected chi connectivity index (χ4v) is 1.30. The maximum Gasteiger partial charge on any atom is 0.242 e. The summed E-state index contributed by atoms with van der Waals surface area (Å²) in [5, 5.41) is 8.45. The first-order valence-electron chi connectivity index (χ1n) is 5.94. The summed E-state index contributed by atoms with van der Waals surface area (Å²) in [6, 6.07) is -0.513. The van der Waals surface area contributed by atoms with Gasteiger partial charge in [-0.1, -0.05) is 6.92 Å². The molecule has 0 aliphatic heterocycles. The van der Waals surface area contributed by atoms with Crippen LogP contribution >= 0.6 is 12.4 Å². The van der Waals surface area contributed by atoms with E-state index < -0.39 is 6.04 Å². The molecule has 0 saturated heterocycles. The molecule has 0 aromatic rings. The van der Waals surface area contributed by atoms with Crippen LogP contribution in [0.5, 0.6) is 0 Å². The molecule has 0 aliphatic carbocycles. The van der Waals surface area contributed by atoms with Gasteiger partial charge in [-0.05, 0) is 34.7 Å². The second kappa shape index (κ2) is 8.32. The molecule has 0 rings (SSSR count). The third-order valence-corrected chi connectivity index (χ3v) is 2.21. The lowest BCUT2D eigenvalue weighted by Crippen LogP contribution is -2.52. The maximum absolute atomic E-state index is 11.7. The molecule has 2 unspecified atom stereocenters. The van der Waals surface area contributed by atoms with E-state index in [2.05, 4.69) is 16.0 Å². The minimum absolute atomic E-state index is 0. The summed E-state index contributed by atoms with van der Waals surface area (Å²) in [6.45, 7) is 9.82. The largest absolute Gasteiger partial charge is 0.350 e. The van der Waals surface area contributed by atoms with Crippen molar-refractivity contribution in [1.29, 1.82) is 0 Å². The lowest BCUT2D eigenvalue weighted by atomic mass is 10.1. The molecule has 2 atom stereocenters.